The molecule has 0 spiro atoms. The summed E-state index contributed by atoms with van der Waals surface area (Å²) in [6.45, 7) is 8.34. The molecular formula is C22H29NO3S. The Kier molecular flexibility index (Phi) is 7.31. The third-order valence-corrected chi connectivity index (χ3v) is 5.72. The van der Waals surface area contributed by atoms with Crippen molar-refractivity contribution in [3.05, 3.63) is 41.1 Å². The molecule has 2 rings (SSSR count). The summed E-state index contributed by atoms with van der Waals surface area (Å²) in [5.74, 6) is -0.818. The molecule has 0 saturated heterocycles. The van der Waals surface area contributed by atoms with E-state index in [0.717, 1.165) is 39.9 Å². The molecule has 0 aliphatic rings. The van der Waals surface area contributed by atoms with Crippen molar-refractivity contribution in [2.45, 2.75) is 64.3 Å². The van der Waals surface area contributed by atoms with Gasteiger partial charge in [0.05, 0.1) is 11.9 Å². The number of carbonyl (C=O) groups excluding carboxylic acids is 1. The van der Waals surface area contributed by atoms with Gasteiger partial charge >= 0.3 is 5.97 Å². The Hall–Kier alpha value is -2.01. The fraction of sp³-hybridized carbons (Fsp3) is 0.455. The number of aliphatic carboxylic acids is 1. The summed E-state index contributed by atoms with van der Waals surface area (Å²) in [4.78, 5) is 25.0. The molecule has 4 nitrogen and oxygen atoms in total. The highest BCUT2D eigenvalue weighted by Crippen LogP contribution is 2.38. The normalized spacial score (nSPS) is 12.8. The predicted molar refractivity (Wildman–Crippen MR) is 113 cm³/mol. The predicted octanol–water partition coefficient (Wildman–Crippen LogP) is 5.81. The van der Waals surface area contributed by atoms with Crippen LogP contribution in [0.15, 0.2) is 29.2 Å². The van der Waals surface area contributed by atoms with Gasteiger partial charge in [0, 0.05) is 34.0 Å². The lowest BCUT2D eigenvalue weighted by Crippen LogP contribution is -2.13. The number of benzene rings is 1. The number of Topliss-reactive ketones (excluding diaryl/α,β-unsaturated/α-hetero) is 1. The van der Waals surface area contributed by atoms with E-state index in [4.69, 9.17) is 0 Å². The minimum atomic E-state index is -0.785. The highest BCUT2D eigenvalue weighted by molar-refractivity contribution is 7.98. The molecule has 5 heteroatoms. The minimum Gasteiger partial charge on any atom is -0.481 e. The maximum Gasteiger partial charge on any atom is 0.304 e. The number of aromatic nitrogens is 1. The van der Waals surface area contributed by atoms with Gasteiger partial charge in [0.15, 0.2) is 5.78 Å². The van der Waals surface area contributed by atoms with Crippen molar-refractivity contribution < 1.29 is 14.7 Å². The number of rotatable bonds is 9. The summed E-state index contributed by atoms with van der Waals surface area (Å²) in [5.41, 5.74) is 3.78. The molecule has 1 atom stereocenters. The van der Waals surface area contributed by atoms with Gasteiger partial charge in [-0.05, 0) is 51.1 Å². The number of hydrogen-bond acceptors (Lipinski definition) is 3. The van der Waals surface area contributed by atoms with Gasteiger partial charge in [-0.3, -0.25) is 9.59 Å². The van der Waals surface area contributed by atoms with Crippen LogP contribution in [0.4, 0.5) is 0 Å². The maximum absolute atomic E-state index is 12.4. The van der Waals surface area contributed by atoms with Gasteiger partial charge in [0.1, 0.15) is 0 Å². The van der Waals surface area contributed by atoms with E-state index in [9.17, 15) is 14.7 Å². The van der Waals surface area contributed by atoms with Crippen LogP contribution in [0.3, 0.4) is 0 Å². The lowest BCUT2D eigenvalue weighted by molar-refractivity contribution is -0.137. The lowest BCUT2D eigenvalue weighted by Gasteiger charge is -2.19. The molecule has 0 radical (unpaired) electrons. The largest absolute Gasteiger partial charge is 0.481 e. The third-order valence-electron chi connectivity index (χ3n) is 5.02. The summed E-state index contributed by atoms with van der Waals surface area (Å²) in [6.07, 6.45) is 7.87. The van der Waals surface area contributed by atoms with Gasteiger partial charge in [0.25, 0.3) is 0 Å². The molecule has 0 aliphatic carbocycles. The first-order valence-electron chi connectivity index (χ1n) is 9.40. The van der Waals surface area contributed by atoms with Crippen LogP contribution < -0.4 is 0 Å². The van der Waals surface area contributed by atoms with Crippen molar-refractivity contribution in [1.82, 2.24) is 4.57 Å². The van der Waals surface area contributed by atoms with E-state index in [1.54, 1.807) is 18.7 Å². The average Bonchev–Trinajstić information content (AvgIpc) is 2.90. The Bertz CT molecular complexity index is 880. The second-order valence-electron chi connectivity index (χ2n) is 6.90. The zero-order valence-electron chi connectivity index (χ0n) is 16.8. The number of aryl methyl sites for hydroxylation is 1. The van der Waals surface area contributed by atoms with Crippen LogP contribution in [-0.4, -0.2) is 27.7 Å². The highest BCUT2D eigenvalue weighted by Gasteiger charge is 2.26. The SMILES string of the molecule is C/C=C/Cn1c(C(CCC)CC(=O)O)c(C)c2cc(SC)cc(C(C)=O)c21. The molecule has 146 valence electrons. The molecule has 1 heterocycles. The number of carbonyl (C=O) groups is 2. The number of carboxylic acids is 1. The van der Waals surface area contributed by atoms with Crippen molar-refractivity contribution in [3.63, 3.8) is 0 Å². The maximum atomic E-state index is 12.4. The van der Waals surface area contributed by atoms with Crippen molar-refractivity contribution in [1.29, 1.82) is 0 Å². The van der Waals surface area contributed by atoms with Crippen molar-refractivity contribution in [2.75, 3.05) is 6.26 Å². The zero-order chi connectivity index (χ0) is 20.1. The molecule has 27 heavy (non-hydrogen) atoms. The summed E-state index contributed by atoms with van der Waals surface area (Å²) >= 11 is 1.62. The summed E-state index contributed by atoms with van der Waals surface area (Å²) in [7, 11) is 0. The Morgan fingerprint density at radius 1 is 1.33 bits per heavy atom. The number of nitrogens with zero attached hydrogens (tertiary/aromatic N) is 1. The van der Waals surface area contributed by atoms with Crippen LogP contribution in [0, 0.1) is 6.92 Å². The summed E-state index contributed by atoms with van der Waals surface area (Å²) in [5, 5.41) is 10.5. The molecular weight excluding hydrogens is 358 g/mol. The quantitative estimate of drug-likeness (QED) is 0.335. The van der Waals surface area contributed by atoms with E-state index in [1.165, 1.54) is 0 Å². The van der Waals surface area contributed by atoms with Gasteiger partial charge in [-0.2, -0.15) is 0 Å². The van der Waals surface area contributed by atoms with Crippen LogP contribution in [0.5, 0.6) is 0 Å². The van der Waals surface area contributed by atoms with Crippen LogP contribution in [0.25, 0.3) is 10.9 Å². The molecule has 1 aromatic heterocycles. The van der Waals surface area contributed by atoms with Gasteiger partial charge < -0.3 is 9.67 Å². The number of thioether (sulfide) groups is 1. The van der Waals surface area contributed by atoms with E-state index in [-0.39, 0.29) is 18.1 Å². The molecule has 0 amide bonds. The molecule has 1 aromatic carbocycles. The Balaban J connectivity index is 2.89. The van der Waals surface area contributed by atoms with Crippen LogP contribution in [0.2, 0.25) is 0 Å². The number of carboxylic acid groups (broad SMARTS) is 1. The van der Waals surface area contributed by atoms with Crippen LogP contribution in [-0.2, 0) is 11.3 Å². The first kappa shape index (κ1) is 21.3. The fourth-order valence-electron chi connectivity index (χ4n) is 3.85. The van der Waals surface area contributed by atoms with Crippen molar-refractivity contribution >= 4 is 34.4 Å². The van der Waals surface area contributed by atoms with Crippen molar-refractivity contribution in [2.24, 2.45) is 0 Å². The number of hydrogen-bond donors (Lipinski definition) is 1. The third kappa shape index (κ3) is 4.46. The van der Waals surface area contributed by atoms with E-state index in [0.29, 0.717) is 12.1 Å². The molecule has 0 bridgehead atoms. The average molecular weight is 388 g/mol. The number of allylic oxidation sites excluding steroid dienone is 2. The standard InChI is InChI=1S/C22H29NO3S/c1-6-8-10-23-21(16(9-7-2)11-20(25)26)14(3)18-12-17(27-5)13-19(15(4)24)22(18)23/h6,8,12-13,16H,7,9-11H2,1-5H3,(H,25,26)/b8-6+. The molecule has 1 N–H and O–H groups in total. The second-order valence-corrected chi connectivity index (χ2v) is 7.78. The summed E-state index contributed by atoms with van der Waals surface area (Å²) < 4.78 is 2.16. The van der Waals surface area contributed by atoms with Gasteiger partial charge in [-0.1, -0.05) is 25.5 Å². The lowest BCUT2D eigenvalue weighted by atomic mass is 9.93. The molecule has 1 unspecified atom stereocenters. The summed E-state index contributed by atoms with van der Waals surface area (Å²) in [6, 6.07) is 4.08. The smallest absolute Gasteiger partial charge is 0.304 e. The monoisotopic (exact) mass is 387 g/mol. The fourth-order valence-corrected chi connectivity index (χ4v) is 4.32. The van der Waals surface area contributed by atoms with E-state index in [1.807, 2.05) is 25.3 Å². The Morgan fingerprint density at radius 2 is 2.04 bits per heavy atom. The number of ketones is 1. The van der Waals surface area contributed by atoms with E-state index >= 15 is 0 Å². The molecule has 0 saturated carbocycles. The zero-order valence-corrected chi connectivity index (χ0v) is 17.7. The van der Waals surface area contributed by atoms with Gasteiger partial charge in [0.2, 0.25) is 0 Å². The van der Waals surface area contributed by atoms with Crippen molar-refractivity contribution in [3.8, 4) is 0 Å². The first-order valence-corrected chi connectivity index (χ1v) is 10.6. The van der Waals surface area contributed by atoms with E-state index in [2.05, 4.69) is 30.6 Å². The molecule has 0 aliphatic heterocycles. The van der Waals surface area contributed by atoms with E-state index < -0.39 is 5.97 Å². The highest BCUT2D eigenvalue weighted by atomic mass is 32.2. The van der Waals surface area contributed by atoms with Crippen LogP contribution in [0.1, 0.15) is 67.6 Å². The number of fused-ring (bicyclic) bond motifs is 1. The minimum absolute atomic E-state index is 0.0342. The Morgan fingerprint density at radius 3 is 2.56 bits per heavy atom. The Labute approximate surface area is 165 Å². The topological polar surface area (TPSA) is 59.3 Å². The first-order chi connectivity index (χ1) is 12.8. The molecule has 0 fully saturated rings. The van der Waals surface area contributed by atoms with Crippen LogP contribution >= 0.6 is 11.8 Å². The molecule has 2 aromatic rings. The van der Waals surface area contributed by atoms with Gasteiger partial charge in [-0.25, -0.2) is 0 Å². The van der Waals surface area contributed by atoms with Gasteiger partial charge in [-0.15, -0.1) is 11.8 Å². The second kappa shape index (κ2) is 9.27.